The smallest absolute Gasteiger partial charge is 0.214 e. The predicted octanol–water partition coefficient (Wildman–Crippen LogP) is 3.02. The summed E-state index contributed by atoms with van der Waals surface area (Å²) in [5, 5.41) is 7.41. The van der Waals surface area contributed by atoms with Crippen molar-refractivity contribution in [2.75, 3.05) is 6.61 Å². The van der Waals surface area contributed by atoms with Crippen LogP contribution in [-0.2, 0) is 0 Å². The normalized spacial score (nSPS) is 10.3. The Balaban J connectivity index is 2.40. The van der Waals surface area contributed by atoms with Crippen LogP contribution in [0.25, 0.3) is 0 Å². The zero-order valence-corrected chi connectivity index (χ0v) is 11.3. The number of aryl methyl sites for hydroxylation is 1. The van der Waals surface area contributed by atoms with Crippen LogP contribution in [0.3, 0.4) is 0 Å². The number of hydrogen-bond acceptors (Lipinski definition) is 3. The van der Waals surface area contributed by atoms with Gasteiger partial charge in [-0.3, -0.25) is 5.41 Å². The summed E-state index contributed by atoms with van der Waals surface area (Å²) in [6, 6.07) is 3.51. The molecule has 0 aliphatic rings. The standard InChI is InChI=1S/C14H23N3O/c1-3-4-5-6-7-8-18-13-10-12(14(15)16)9-11(2)17-13/h9-10H,3-8H2,1-2H3,(H3,15,16). The van der Waals surface area contributed by atoms with Gasteiger partial charge in [0.05, 0.1) is 6.61 Å². The number of hydrogen-bond donors (Lipinski definition) is 2. The van der Waals surface area contributed by atoms with Crippen molar-refractivity contribution in [1.29, 1.82) is 5.41 Å². The molecular weight excluding hydrogens is 226 g/mol. The Labute approximate surface area is 109 Å². The molecule has 1 heterocycles. The van der Waals surface area contributed by atoms with Crippen molar-refractivity contribution >= 4 is 5.84 Å². The molecule has 4 heteroatoms. The minimum Gasteiger partial charge on any atom is -0.478 e. The molecule has 0 aromatic carbocycles. The van der Waals surface area contributed by atoms with Crippen LogP contribution in [0, 0.1) is 12.3 Å². The van der Waals surface area contributed by atoms with Crippen molar-refractivity contribution in [3.63, 3.8) is 0 Å². The van der Waals surface area contributed by atoms with Crippen LogP contribution >= 0.6 is 0 Å². The molecule has 0 atom stereocenters. The molecule has 100 valence electrons. The highest BCUT2D eigenvalue weighted by atomic mass is 16.5. The van der Waals surface area contributed by atoms with E-state index in [1.54, 1.807) is 12.1 Å². The number of nitrogens with one attached hydrogen (secondary N) is 1. The Bertz CT molecular complexity index is 391. The van der Waals surface area contributed by atoms with E-state index >= 15 is 0 Å². The lowest BCUT2D eigenvalue weighted by Gasteiger charge is -2.08. The second-order valence-electron chi connectivity index (χ2n) is 4.51. The maximum atomic E-state index is 7.41. The highest BCUT2D eigenvalue weighted by Gasteiger charge is 2.03. The van der Waals surface area contributed by atoms with Crippen LogP contribution in [0.1, 0.15) is 50.3 Å². The first-order valence-corrected chi connectivity index (χ1v) is 6.59. The van der Waals surface area contributed by atoms with E-state index in [0.29, 0.717) is 18.1 Å². The molecule has 1 rings (SSSR count). The lowest BCUT2D eigenvalue weighted by Crippen LogP contribution is -2.12. The van der Waals surface area contributed by atoms with Gasteiger partial charge < -0.3 is 10.5 Å². The largest absolute Gasteiger partial charge is 0.478 e. The predicted molar refractivity (Wildman–Crippen MR) is 74.2 cm³/mol. The summed E-state index contributed by atoms with van der Waals surface area (Å²) >= 11 is 0. The Morgan fingerprint density at radius 2 is 2.00 bits per heavy atom. The fourth-order valence-corrected chi connectivity index (χ4v) is 1.75. The number of pyridine rings is 1. The number of aromatic nitrogens is 1. The van der Waals surface area contributed by atoms with Gasteiger partial charge in [0.2, 0.25) is 5.88 Å². The number of rotatable bonds is 8. The monoisotopic (exact) mass is 249 g/mol. The minimum atomic E-state index is 0.0493. The van der Waals surface area contributed by atoms with Gasteiger partial charge in [-0.25, -0.2) is 4.98 Å². The Hall–Kier alpha value is -1.58. The van der Waals surface area contributed by atoms with E-state index in [9.17, 15) is 0 Å². The second-order valence-corrected chi connectivity index (χ2v) is 4.51. The molecule has 0 saturated carbocycles. The average molecular weight is 249 g/mol. The van der Waals surface area contributed by atoms with Crippen LogP contribution in [-0.4, -0.2) is 17.4 Å². The van der Waals surface area contributed by atoms with Crippen molar-refractivity contribution in [2.45, 2.75) is 46.0 Å². The molecular formula is C14H23N3O. The summed E-state index contributed by atoms with van der Waals surface area (Å²) in [5.41, 5.74) is 6.95. The lowest BCUT2D eigenvalue weighted by molar-refractivity contribution is 0.293. The Morgan fingerprint density at radius 3 is 2.67 bits per heavy atom. The first kappa shape index (κ1) is 14.5. The molecule has 18 heavy (non-hydrogen) atoms. The molecule has 4 nitrogen and oxygen atoms in total. The van der Waals surface area contributed by atoms with E-state index in [2.05, 4.69) is 11.9 Å². The molecule has 0 bridgehead atoms. The summed E-state index contributed by atoms with van der Waals surface area (Å²) in [6.07, 6.45) is 6.05. The molecule has 0 amide bonds. The average Bonchev–Trinajstić information content (AvgIpc) is 2.33. The molecule has 3 N–H and O–H groups in total. The van der Waals surface area contributed by atoms with Crippen LogP contribution < -0.4 is 10.5 Å². The molecule has 1 aromatic rings. The molecule has 0 aliphatic carbocycles. The van der Waals surface area contributed by atoms with Crippen LogP contribution in [0.2, 0.25) is 0 Å². The van der Waals surface area contributed by atoms with Crippen LogP contribution in [0.15, 0.2) is 12.1 Å². The number of unbranched alkanes of at least 4 members (excludes halogenated alkanes) is 4. The number of nitrogen functional groups attached to an aromatic ring is 1. The fourth-order valence-electron chi connectivity index (χ4n) is 1.75. The quantitative estimate of drug-likeness (QED) is 0.422. The molecule has 0 unspecified atom stereocenters. The number of nitrogens with zero attached hydrogens (tertiary/aromatic N) is 1. The number of amidine groups is 1. The van der Waals surface area contributed by atoms with Crippen molar-refractivity contribution in [2.24, 2.45) is 5.73 Å². The van der Waals surface area contributed by atoms with Crippen molar-refractivity contribution in [3.05, 3.63) is 23.4 Å². The fraction of sp³-hybridized carbons (Fsp3) is 0.571. The van der Waals surface area contributed by atoms with E-state index in [4.69, 9.17) is 15.9 Å². The Morgan fingerprint density at radius 1 is 1.28 bits per heavy atom. The lowest BCUT2D eigenvalue weighted by atomic mass is 10.2. The Kier molecular flexibility index (Phi) is 6.19. The minimum absolute atomic E-state index is 0.0493. The van der Waals surface area contributed by atoms with E-state index in [1.807, 2.05) is 6.92 Å². The van der Waals surface area contributed by atoms with Gasteiger partial charge in [-0.05, 0) is 19.4 Å². The summed E-state index contributed by atoms with van der Waals surface area (Å²) in [4.78, 5) is 4.28. The second kappa shape index (κ2) is 7.69. The number of nitrogens with two attached hydrogens (primary N) is 1. The van der Waals surface area contributed by atoms with E-state index in [0.717, 1.165) is 12.1 Å². The molecule has 0 spiro atoms. The molecule has 0 aliphatic heterocycles. The van der Waals surface area contributed by atoms with Gasteiger partial charge in [0, 0.05) is 17.3 Å². The van der Waals surface area contributed by atoms with Crippen LogP contribution in [0.4, 0.5) is 0 Å². The summed E-state index contributed by atoms with van der Waals surface area (Å²) in [7, 11) is 0. The topological polar surface area (TPSA) is 72.0 Å². The summed E-state index contributed by atoms with van der Waals surface area (Å²) in [5.74, 6) is 0.615. The summed E-state index contributed by atoms with van der Waals surface area (Å²) in [6.45, 7) is 4.76. The molecule has 0 radical (unpaired) electrons. The van der Waals surface area contributed by atoms with Gasteiger partial charge >= 0.3 is 0 Å². The third-order valence-electron chi connectivity index (χ3n) is 2.74. The maximum Gasteiger partial charge on any atom is 0.214 e. The van der Waals surface area contributed by atoms with Gasteiger partial charge in [0.25, 0.3) is 0 Å². The first-order chi connectivity index (χ1) is 8.63. The van der Waals surface area contributed by atoms with Gasteiger partial charge in [0.15, 0.2) is 0 Å². The third kappa shape index (κ3) is 5.17. The number of ether oxygens (including phenoxy) is 1. The zero-order valence-electron chi connectivity index (χ0n) is 11.3. The van der Waals surface area contributed by atoms with Gasteiger partial charge in [0.1, 0.15) is 5.84 Å². The van der Waals surface area contributed by atoms with Gasteiger partial charge in [-0.2, -0.15) is 0 Å². The third-order valence-corrected chi connectivity index (χ3v) is 2.74. The highest BCUT2D eigenvalue weighted by molar-refractivity contribution is 5.95. The van der Waals surface area contributed by atoms with Crippen molar-refractivity contribution < 1.29 is 4.74 Å². The van der Waals surface area contributed by atoms with E-state index in [-0.39, 0.29) is 5.84 Å². The molecule has 0 fully saturated rings. The van der Waals surface area contributed by atoms with Gasteiger partial charge in [-0.1, -0.05) is 32.6 Å². The first-order valence-electron chi connectivity index (χ1n) is 6.59. The van der Waals surface area contributed by atoms with Crippen molar-refractivity contribution in [1.82, 2.24) is 4.98 Å². The van der Waals surface area contributed by atoms with Gasteiger partial charge in [-0.15, -0.1) is 0 Å². The SMILES string of the molecule is CCCCCCCOc1cc(C(=N)N)cc(C)n1. The van der Waals surface area contributed by atoms with E-state index in [1.165, 1.54) is 25.7 Å². The molecule has 0 saturated heterocycles. The maximum absolute atomic E-state index is 7.41. The van der Waals surface area contributed by atoms with Crippen molar-refractivity contribution in [3.8, 4) is 5.88 Å². The highest BCUT2D eigenvalue weighted by Crippen LogP contribution is 2.13. The summed E-state index contributed by atoms with van der Waals surface area (Å²) < 4.78 is 5.59. The van der Waals surface area contributed by atoms with Crippen LogP contribution in [0.5, 0.6) is 5.88 Å². The molecule has 1 aromatic heterocycles. The zero-order chi connectivity index (χ0) is 13.4. The van der Waals surface area contributed by atoms with E-state index < -0.39 is 0 Å².